The molecule has 2 N–H and O–H groups in total. The van der Waals surface area contributed by atoms with Gasteiger partial charge < -0.3 is 20.1 Å². The average molecular weight is 437 g/mol. The van der Waals surface area contributed by atoms with Gasteiger partial charge in [-0.2, -0.15) is 0 Å². The van der Waals surface area contributed by atoms with Crippen LogP contribution in [0.5, 0.6) is 0 Å². The van der Waals surface area contributed by atoms with Gasteiger partial charge in [0.25, 0.3) is 0 Å². The number of guanidine groups is 1. The van der Waals surface area contributed by atoms with Gasteiger partial charge in [0.1, 0.15) is 0 Å². The molecule has 1 aromatic rings. The monoisotopic (exact) mass is 437 g/mol. The fourth-order valence-electron chi connectivity index (χ4n) is 1.98. The zero-order valence-electron chi connectivity index (χ0n) is 15.1. The van der Waals surface area contributed by atoms with E-state index >= 15 is 0 Å². The molecule has 23 heavy (non-hydrogen) atoms. The van der Waals surface area contributed by atoms with Gasteiger partial charge in [-0.25, -0.2) is 0 Å². The maximum Gasteiger partial charge on any atom is 0.191 e. The molecule has 0 saturated heterocycles. The Balaban J connectivity index is 0.00000484. The number of hydrogen-bond acceptors (Lipinski definition) is 4. The first-order valence-corrected chi connectivity index (χ1v) is 8.15. The highest BCUT2D eigenvalue weighted by Crippen LogP contribution is 2.13. The Labute approximate surface area is 157 Å². The molecule has 0 aliphatic heterocycles. The summed E-state index contributed by atoms with van der Waals surface area (Å²) in [5.74, 6) is 1.99. The molecular formula is C16H32IN5O. The summed E-state index contributed by atoms with van der Waals surface area (Å²) >= 11 is 0. The standard InChI is InChI=1S/C16H31N5O.HI/c1-6-7-9-21(5)10-8-18-16(17-4)19-12-14-11-15(13(2)3)20-22-14;/h11,13H,6-10,12H2,1-5H3,(H2,17,18,19);1H. The molecular weight excluding hydrogens is 405 g/mol. The van der Waals surface area contributed by atoms with Crippen LogP contribution in [0.3, 0.4) is 0 Å². The Morgan fingerprint density at radius 2 is 2.09 bits per heavy atom. The highest BCUT2D eigenvalue weighted by atomic mass is 127. The number of aromatic nitrogens is 1. The maximum atomic E-state index is 5.30. The van der Waals surface area contributed by atoms with E-state index in [-0.39, 0.29) is 24.0 Å². The Hall–Kier alpha value is -0.830. The van der Waals surface area contributed by atoms with Gasteiger partial charge in [-0.3, -0.25) is 4.99 Å². The van der Waals surface area contributed by atoms with Gasteiger partial charge in [0, 0.05) is 26.2 Å². The molecule has 0 aromatic carbocycles. The lowest BCUT2D eigenvalue weighted by Crippen LogP contribution is -2.40. The fraction of sp³-hybridized carbons (Fsp3) is 0.750. The van der Waals surface area contributed by atoms with E-state index in [2.05, 4.69) is 53.5 Å². The highest BCUT2D eigenvalue weighted by Gasteiger charge is 2.08. The van der Waals surface area contributed by atoms with Crippen LogP contribution in [0.2, 0.25) is 0 Å². The first kappa shape index (κ1) is 22.2. The van der Waals surface area contributed by atoms with E-state index in [0.29, 0.717) is 12.5 Å². The van der Waals surface area contributed by atoms with E-state index in [4.69, 9.17) is 4.52 Å². The number of likely N-dealkylation sites (N-methyl/N-ethyl adjacent to an activating group) is 1. The number of nitrogens with one attached hydrogen (secondary N) is 2. The van der Waals surface area contributed by atoms with Gasteiger partial charge in [0.05, 0.1) is 12.2 Å². The largest absolute Gasteiger partial charge is 0.359 e. The van der Waals surface area contributed by atoms with Crippen LogP contribution in [-0.4, -0.2) is 49.7 Å². The number of hydrogen-bond donors (Lipinski definition) is 2. The minimum absolute atomic E-state index is 0. The molecule has 0 spiro atoms. The van der Waals surface area contributed by atoms with Crippen molar-refractivity contribution in [3.05, 3.63) is 17.5 Å². The predicted molar refractivity (Wildman–Crippen MR) is 107 cm³/mol. The Kier molecular flexibility index (Phi) is 12.1. The molecule has 0 aliphatic carbocycles. The fourth-order valence-corrected chi connectivity index (χ4v) is 1.98. The van der Waals surface area contributed by atoms with Crippen LogP contribution in [0.4, 0.5) is 0 Å². The van der Waals surface area contributed by atoms with Crippen LogP contribution in [0.1, 0.15) is 51.0 Å². The molecule has 0 amide bonds. The Morgan fingerprint density at radius 3 is 2.65 bits per heavy atom. The molecule has 134 valence electrons. The summed E-state index contributed by atoms with van der Waals surface area (Å²) < 4.78 is 5.30. The van der Waals surface area contributed by atoms with Crippen molar-refractivity contribution < 1.29 is 4.52 Å². The molecule has 7 heteroatoms. The van der Waals surface area contributed by atoms with Crippen LogP contribution in [0, 0.1) is 0 Å². The first-order chi connectivity index (χ1) is 10.6. The van der Waals surface area contributed by atoms with Crippen molar-refractivity contribution >= 4 is 29.9 Å². The predicted octanol–water partition coefficient (Wildman–Crippen LogP) is 2.81. The van der Waals surface area contributed by atoms with Crippen LogP contribution in [0.15, 0.2) is 15.6 Å². The zero-order valence-corrected chi connectivity index (χ0v) is 17.4. The zero-order chi connectivity index (χ0) is 16.4. The van der Waals surface area contributed by atoms with Gasteiger partial charge >= 0.3 is 0 Å². The second-order valence-electron chi connectivity index (χ2n) is 5.88. The van der Waals surface area contributed by atoms with E-state index < -0.39 is 0 Å². The van der Waals surface area contributed by atoms with Gasteiger partial charge in [0.15, 0.2) is 11.7 Å². The Morgan fingerprint density at radius 1 is 1.35 bits per heavy atom. The van der Waals surface area contributed by atoms with Crippen LogP contribution in [0.25, 0.3) is 0 Å². The average Bonchev–Trinajstić information content (AvgIpc) is 2.97. The SMILES string of the molecule is CCCCN(C)CCNC(=NC)NCc1cc(C(C)C)no1.I. The molecule has 1 rings (SSSR count). The quantitative estimate of drug-likeness (QED) is 0.354. The molecule has 0 radical (unpaired) electrons. The minimum Gasteiger partial charge on any atom is -0.359 e. The van der Waals surface area contributed by atoms with Gasteiger partial charge in [-0.15, -0.1) is 24.0 Å². The van der Waals surface area contributed by atoms with E-state index in [1.165, 1.54) is 12.8 Å². The summed E-state index contributed by atoms with van der Waals surface area (Å²) in [6.45, 7) is 10.0. The molecule has 0 unspecified atom stereocenters. The summed E-state index contributed by atoms with van der Waals surface area (Å²) in [7, 11) is 3.92. The number of nitrogens with zero attached hydrogens (tertiary/aromatic N) is 3. The molecule has 6 nitrogen and oxygen atoms in total. The molecule has 0 aliphatic rings. The smallest absolute Gasteiger partial charge is 0.191 e. The lowest BCUT2D eigenvalue weighted by molar-refractivity contribution is 0.332. The Bertz CT molecular complexity index is 447. The van der Waals surface area contributed by atoms with Crippen molar-refractivity contribution in [2.24, 2.45) is 4.99 Å². The van der Waals surface area contributed by atoms with E-state index in [9.17, 15) is 0 Å². The molecule has 1 heterocycles. The number of halogens is 1. The van der Waals surface area contributed by atoms with Gasteiger partial charge in [-0.1, -0.05) is 32.3 Å². The van der Waals surface area contributed by atoms with Crippen LogP contribution >= 0.6 is 24.0 Å². The molecule has 0 atom stereocenters. The van der Waals surface area contributed by atoms with Crippen molar-refractivity contribution in [1.29, 1.82) is 0 Å². The summed E-state index contributed by atoms with van der Waals surface area (Å²) in [6.07, 6.45) is 2.48. The van der Waals surface area contributed by atoms with Crippen molar-refractivity contribution in [2.75, 3.05) is 33.7 Å². The second kappa shape index (κ2) is 12.6. The van der Waals surface area contributed by atoms with Crippen LogP contribution < -0.4 is 10.6 Å². The summed E-state index contributed by atoms with van der Waals surface area (Å²) in [4.78, 5) is 6.55. The van der Waals surface area contributed by atoms with Crippen molar-refractivity contribution in [1.82, 2.24) is 20.7 Å². The third-order valence-electron chi connectivity index (χ3n) is 3.50. The number of unbranched alkanes of at least 4 members (excludes halogenated alkanes) is 1. The van der Waals surface area contributed by atoms with Gasteiger partial charge in [0.2, 0.25) is 0 Å². The van der Waals surface area contributed by atoms with Crippen molar-refractivity contribution in [3.8, 4) is 0 Å². The van der Waals surface area contributed by atoms with E-state index in [0.717, 1.165) is 37.0 Å². The first-order valence-electron chi connectivity index (χ1n) is 8.15. The minimum atomic E-state index is 0. The summed E-state index contributed by atoms with van der Waals surface area (Å²) in [5, 5.41) is 10.6. The molecule has 0 saturated carbocycles. The summed E-state index contributed by atoms with van der Waals surface area (Å²) in [6, 6.07) is 1.99. The topological polar surface area (TPSA) is 65.7 Å². The van der Waals surface area contributed by atoms with Crippen molar-refractivity contribution in [3.63, 3.8) is 0 Å². The molecule has 0 bridgehead atoms. The highest BCUT2D eigenvalue weighted by molar-refractivity contribution is 14.0. The number of rotatable bonds is 9. The van der Waals surface area contributed by atoms with Crippen LogP contribution in [-0.2, 0) is 6.54 Å². The molecule has 1 aromatic heterocycles. The lowest BCUT2D eigenvalue weighted by atomic mass is 10.1. The van der Waals surface area contributed by atoms with Gasteiger partial charge in [-0.05, 0) is 25.9 Å². The maximum absolute atomic E-state index is 5.30. The van der Waals surface area contributed by atoms with E-state index in [1.54, 1.807) is 7.05 Å². The van der Waals surface area contributed by atoms with Crippen molar-refractivity contribution in [2.45, 2.75) is 46.1 Å². The summed E-state index contributed by atoms with van der Waals surface area (Å²) in [5.41, 5.74) is 0.984. The molecule has 0 fully saturated rings. The van der Waals surface area contributed by atoms with E-state index in [1.807, 2.05) is 6.07 Å². The second-order valence-corrected chi connectivity index (χ2v) is 5.88. The third kappa shape index (κ3) is 9.14. The lowest BCUT2D eigenvalue weighted by Gasteiger charge is -2.17. The normalized spacial score (nSPS) is 11.7. The number of aliphatic imine (C=N–C) groups is 1. The third-order valence-corrected chi connectivity index (χ3v) is 3.50.